The fourth-order valence-electron chi connectivity index (χ4n) is 9.51. The second-order valence-electron chi connectivity index (χ2n) is 12.9. The van der Waals surface area contributed by atoms with Crippen LogP contribution >= 0.6 is 0 Å². The molecule has 0 radical (unpaired) electrons. The number of aliphatic hydroxyl groups is 1. The van der Waals surface area contributed by atoms with E-state index in [-0.39, 0.29) is 17.4 Å². The molecule has 5 heteroatoms. The first-order valence-corrected chi connectivity index (χ1v) is 14.3. The van der Waals surface area contributed by atoms with E-state index in [9.17, 15) is 9.90 Å². The highest BCUT2D eigenvalue weighted by atomic mass is 16.5. The number of nitrogens with zero attached hydrogens (tertiary/aromatic N) is 1. The molecular weight excluding hydrogens is 448 g/mol. The molecule has 1 aromatic carbocycles. The van der Waals surface area contributed by atoms with Crippen molar-refractivity contribution in [1.29, 1.82) is 5.26 Å². The van der Waals surface area contributed by atoms with E-state index in [1.54, 1.807) is 31.4 Å². The van der Waals surface area contributed by atoms with Gasteiger partial charge in [0.1, 0.15) is 0 Å². The van der Waals surface area contributed by atoms with Crippen molar-refractivity contribution < 1.29 is 14.6 Å². The summed E-state index contributed by atoms with van der Waals surface area (Å²) < 4.78 is 5.36. The lowest BCUT2D eigenvalue weighted by atomic mass is 9.44. The van der Waals surface area contributed by atoms with Crippen molar-refractivity contribution in [1.82, 2.24) is 5.32 Å². The zero-order valence-corrected chi connectivity index (χ0v) is 22.3. The van der Waals surface area contributed by atoms with Crippen molar-refractivity contribution in [3.05, 3.63) is 35.4 Å². The van der Waals surface area contributed by atoms with Gasteiger partial charge in [-0.2, -0.15) is 5.26 Å². The lowest BCUT2D eigenvalue weighted by Crippen LogP contribution is -2.57. The summed E-state index contributed by atoms with van der Waals surface area (Å²) in [5.74, 6) is 4.21. The number of amides is 1. The maximum absolute atomic E-state index is 13.0. The van der Waals surface area contributed by atoms with Gasteiger partial charge in [-0.05, 0) is 130 Å². The largest absolute Gasteiger partial charge is 0.387 e. The van der Waals surface area contributed by atoms with Crippen molar-refractivity contribution in [2.75, 3.05) is 13.7 Å². The van der Waals surface area contributed by atoms with Crippen LogP contribution in [0.25, 0.3) is 0 Å². The summed E-state index contributed by atoms with van der Waals surface area (Å²) in [5.41, 5.74) is 0.862. The number of rotatable bonds is 5. The SMILES string of the molecule is COC[C@@]1(O)CC[C@@H]2C3CC[C@]4(C)[C@@H]([C@@H](C)NC(=O)c5ccc(C#N)cc5)CCC[C@H]4[C@@H]3CC[C@@H]2C1. The van der Waals surface area contributed by atoms with Gasteiger partial charge in [-0.1, -0.05) is 13.3 Å². The Kier molecular flexibility index (Phi) is 7.22. The molecule has 0 aromatic heterocycles. The summed E-state index contributed by atoms with van der Waals surface area (Å²) in [4.78, 5) is 13.0. The summed E-state index contributed by atoms with van der Waals surface area (Å²) in [6.45, 7) is 5.21. The number of nitriles is 1. The number of carbonyl (C=O) groups excluding carboxylic acids is 1. The van der Waals surface area contributed by atoms with Crippen LogP contribution in [0.5, 0.6) is 0 Å². The van der Waals surface area contributed by atoms with Gasteiger partial charge < -0.3 is 15.2 Å². The second kappa shape index (κ2) is 10.1. The molecule has 5 nitrogen and oxygen atoms in total. The average molecular weight is 493 g/mol. The molecule has 4 aliphatic carbocycles. The predicted octanol–water partition coefficient (Wildman–Crippen LogP) is 5.71. The van der Waals surface area contributed by atoms with E-state index in [4.69, 9.17) is 10.00 Å². The zero-order valence-electron chi connectivity index (χ0n) is 22.3. The number of fused-ring (bicyclic) bond motifs is 5. The summed E-state index contributed by atoms with van der Waals surface area (Å²) in [6, 6.07) is 9.21. The summed E-state index contributed by atoms with van der Waals surface area (Å²) in [7, 11) is 1.70. The number of hydrogen-bond donors (Lipinski definition) is 2. The third kappa shape index (κ3) is 4.61. The van der Waals surface area contributed by atoms with Crippen molar-refractivity contribution >= 4 is 5.91 Å². The Morgan fingerprint density at radius 3 is 2.58 bits per heavy atom. The molecule has 0 aliphatic heterocycles. The van der Waals surface area contributed by atoms with Crippen LogP contribution in [0.4, 0.5) is 0 Å². The van der Waals surface area contributed by atoms with Crippen molar-refractivity contribution in [3.63, 3.8) is 0 Å². The van der Waals surface area contributed by atoms with Gasteiger partial charge >= 0.3 is 0 Å². The van der Waals surface area contributed by atoms with E-state index in [1.165, 1.54) is 44.9 Å². The maximum atomic E-state index is 13.0. The Morgan fingerprint density at radius 2 is 1.86 bits per heavy atom. The molecule has 5 rings (SSSR count). The summed E-state index contributed by atoms with van der Waals surface area (Å²) in [5, 5.41) is 23.4. The van der Waals surface area contributed by atoms with Crippen LogP contribution in [0, 0.1) is 52.3 Å². The van der Waals surface area contributed by atoms with E-state index in [1.807, 2.05) is 0 Å². The van der Waals surface area contributed by atoms with Crippen LogP contribution in [0.15, 0.2) is 24.3 Å². The Balaban J connectivity index is 1.27. The molecule has 2 N–H and O–H groups in total. The molecule has 1 amide bonds. The Labute approximate surface area is 217 Å². The molecular formula is C31H44N2O3. The fourth-order valence-corrected chi connectivity index (χ4v) is 9.51. The van der Waals surface area contributed by atoms with Gasteiger partial charge in [0.05, 0.1) is 23.8 Å². The average Bonchev–Trinajstić information content (AvgIpc) is 2.87. The first-order chi connectivity index (χ1) is 17.3. The van der Waals surface area contributed by atoms with Crippen molar-refractivity contribution in [3.8, 4) is 6.07 Å². The van der Waals surface area contributed by atoms with E-state index in [0.717, 1.165) is 42.9 Å². The number of hydrogen-bond acceptors (Lipinski definition) is 4. The minimum absolute atomic E-state index is 0.0299. The quantitative estimate of drug-likeness (QED) is 0.551. The first kappa shape index (κ1) is 25.7. The lowest BCUT2D eigenvalue weighted by Gasteiger charge is -2.61. The normalized spacial score (nSPS) is 40.6. The Bertz CT molecular complexity index is 987. The number of benzene rings is 1. The summed E-state index contributed by atoms with van der Waals surface area (Å²) >= 11 is 0. The highest BCUT2D eigenvalue weighted by Crippen LogP contribution is 2.63. The van der Waals surface area contributed by atoms with E-state index < -0.39 is 5.60 Å². The highest BCUT2D eigenvalue weighted by Gasteiger charge is 2.57. The minimum atomic E-state index is -0.621. The second-order valence-corrected chi connectivity index (χ2v) is 12.9. The number of nitrogens with one attached hydrogen (secondary N) is 1. The molecule has 0 saturated heterocycles. The van der Waals surface area contributed by atoms with Gasteiger partial charge in [0.15, 0.2) is 0 Å². The highest BCUT2D eigenvalue weighted by molar-refractivity contribution is 5.94. The fraction of sp³-hybridized carbons (Fsp3) is 0.742. The topological polar surface area (TPSA) is 82.3 Å². The van der Waals surface area contributed by atoms with Crippen LogP contribution in [-0.4, -0.2) is 36.4 Å². The van der Waals surface area contributed by atoms with Gasteiger partial charge in [0.2, 0.25) is 0 Å². The molecule has 9 atom stereocenters. The van der Waals surface area contributed by atoms with Crippen LogP contribution < -0.4 is 5.32 Å². The Hall–Kier alpha value is -1.90. The molecule has 0 heterocycles. The van der Waals surface area contributed by atoms with Crippen LogP contribution in [-0.2, 0) is 4.74 Å². The molecule has 4 aliphatic rings. The van der Waals surface area contributed by atoms with Gasteiger partial charge in [0, 0.05) is 18.7 Å². The van der Waals surface area contributed by atoms with E-state index in [0.29, 0.717) is 29.6 Å². The standard InChI is InChI=1S/C31H44N2O3/c1-20(33-29(34)22-9-7-21(18-32)8-10-22)27-5-4-6-28-26-12-11-23-17-31(35,19-36-3)16-14-24(23)25(26)13-15-30(27,28)2/h7-10,20,23-28,35H,4-6,11-17,19H2,1-3H3,(H,33,34)/t20-,23-,24+,25?,26-,27-,28+,30-,31-/m1/s1. The van der Waals surface area contributed by atoms with Crippen LogP contribution in [0.2, 0.25) is 0 Å². The monoisotopic (exact) mass is 492 g/mol. The number of ether oxygens (including phenoxy) is 1. The van der Waals surface area contributed by atoms with Crippen molar-refractivity contribution in [2.24, 2.45) is 40.9 Å². The minimum Gasteiger partial charge on any atom is -0.387 e. The van der Waals surface area contributed by atoms with Gasteiger partial charge in [-0.3, -0.25) is 4.79 Å². The third-order valence-electron chi connectivity index (χ3n) is 11.1. The van der Waals surface area contributed by atoms with E-state index >= 15 is 0 Å². The predicted molar refractivity (Wildman–Crippen MR) is 140 cm³/mol. The van der Waals surface area contributed by atoms with Crippen LogP contribution in [0.3, 0.4) is 0 Å². The molecule has 196 valence electrons. The summed E-state index contributed by atoms with van der Waals surface area (Å²) in [6.07, 6.45) is 11.8. The van der Waals surface area contributed by atoms with Gasteiger partial charge in [-0.15, -0.1) is 0 Å². The molecule has 1 aromatic rings. The Morgan fingerprint density at radius 1 is 1.11 bits per heavy atom. The smallest absolute Gasteiger partial charge is 0.251 e. The molecule has 1 unspecified atom stereocenters. The first-order valence-electron chi connectivity index (χ1n) is 14.3. The molecule has 4 fully saturated rings. The van der Waals surface area contributed by atoms with Gasteiger partial charge in [0.25, 0.3) is 5.91 Å². The molecule has 0 spiro atoms. The number of carbonyl (C=O) groups is 1. The third-order valence-corrected chi connectivity index (χ3v) is 11.1. The zero-order chi connectivity index (χ0) is 25.5. The molecule has 36 heavy (non-hydrogen) atoms. The molecule has 0 bridgehead atoms. The van der Waals surface area contributed by atoms with Gasteiger partial charge in [-0.25, -0.2) is 0 Å². The number of methoxy groups -OCH3 is 1. The maximum Gasteiger partial charge on any atom is 0.251 e. The van der Waals surface area contributed by atoms with Crippen LogP contribution in [0.1, 0.15) is 94.0 Å². The molecule has 4 saturated carbocycles. The van der Waals surface area contributed by atoms with Crippen molar-refractivity contribution in [2.45, 2.75) is 89.7 Å². The lowest BCUT2D eigenvalue weighted by molar-refractivity contribution is -0.142. The van der Waals surface area contributed by atoms with E-state index in [2.05, 4.69) is 25.2 Å².